The molecule has 0 fully saturated rings. The fraction of sp³-hybridized carbons (Fsp3) is 0.500. The molecule has 0 saturated carbocycles. The van der Waals surface area contributed by atoms with E-state index in [9.17, 15) is 9.18 Å². The van der Waals surface area contributed by atoms with Crippen LogP contribution in [-0.4, -0.2) is 24.6 Å². The van der Waals surface area contributed by atoms with Crippen molar-refractivity contribution in [3.63, 3.8) is 0 Å². The van der Waals surface area contributed by atoms with Crippen LogP contribution in [0.25, 0.3) is 0 Å². The molecule has 1 aromatic rings. The summed E-state index contributed by atoms with van der Waals surface area (Å²) in [5, 5.41) is 2.87. The van der Waals surface area contributed by atoms with Gasteiger partial charge in [0.2, 0.25) is 5.91 Å². The summed E-state index contributed by atoms with van der Waals surface area (Å²) in [6, 6.07) is 4.67. The highest BCUT2D eigenvalue weighted by Gasteiger charge is 2.31. The van der Waals surface area contributed by atoms with Crippen LogP contribution in [0.4, 0.5) is 4.39 Å². The van der Waals surface area contributed by atoms with Crippen molar-refractivity contribution in [2.75, 3.05) is 7.05 Å². The molecule has 4 nitrogen and oxygen atoms in total. The van der Waals surface area contributed by atoms with Crippen LogP contribution in [0, 0.1) is 12.7 Å². The van der Waals surface area contributed by atoms with E-state index >= 15 is 0 Å². The van der Waals surface area contributed by atoms with Gasteiger partial charge >= 0.3 is 0 Å². The van der Waals surface area contributed by atoms with Gasteiger partial charge < -0.3 is 15.8 Å². The van der Waals surface area contributed by atoms with Crippen molar-refractivity contribution in [2.24, 2.45) is 5.73 Å². The molecular formula is C14H21FN2O2. The van der Waals surface area contributed by atoms with E-state index in [0.717, 1.165) is 5.56 Å². The quantitative estimate of drug-likeness (QED) is 0.826. The van der Waals surface area contributed by atoms with Crippen molar-refractivity contribution in [1.82, 2.24) is 5.32 Å². The predicted octanol–water partition coefficient (Wildman–Crippen LogP) is 1.75. The van der Waals surface area contributed by atoms with Crippen LogP contribution in [0.2, 0.25) is 0 Å². The Morgan fingerprint density at radius 1 is 1.58 bits per heavy atom. The first kappa shape index (κ1) is 15.4. The summed E-state index contributed by atoms with van der Waals surface area (Å²) in [6.07, 6.45) is 0.00732. The van der Waals surface area contributed by atoms with Gasteiger partial charge in [0.25, 0.3) is 0 Å². The molecule has 0 aliphatic rings. The van der Waals surface area contributed by atoms with Gasteiger partial charge in [-0.05, 0) is 45.5 Å². The number of halogens is 1. The number of nitrogens with two attached hydrogens (primary N) is 1. The lowest BCUT2D eigenvalue weighted by atomic mass is 9.94. The van der Waals surface area contributed by atoms with Crippen LogP contribution in [0.1, 0.15) is 25.8 Å². The molecule has 0 spiro atoms. The molecule has 0 aliphatic heterocycles. The van der Waals surface area contributed by atoms with Crippen molar-refractivity contribution in [1.29, 1.82) is 0 Å². The average Bonchev–Trinajstić information content (AvgIpc) is 2.33. The molecule has 19 heavy (non-hydrogen) atoms. The van der Waals surface area contributed by atoms with Gasteiger partial charge in [-0.25, -0.2) is 4.39 Å². The van der Waals surface area contributed by atoms with E-state index < -0.39 is 17.3 Å². The fourth-order valence-corrected chi connectivity index (χ4v) is 1.86. The molecule has 0 bridgehead atoms. The monoisotopic (exact) mass is 268 g/mol. The van der Waals surface area contributed by atoms with Crippen LogP contribution in [-0.2, 0) is 4.79 Å². The van der Waals surface area contributed by atoms with Gasteiger partial charge in [-0.1, -0.05) is 6.07 Å². The minimum atomic E-state index is -0.875. The first-order valence-corrected chi connectivity index (χ1v) is 6.20. The lowest BCUT2D eigenvalue weighted by molar-refractivity contribution is -0.124. The fourth-order valence-electron chi connectivity index (χ4n) is 1.86. The normalized spacial score (nSPS) is 15.6. The Kier molecular flexibility index (Phi) is 4.89. The Morgan fingerprint density at radius 2 is 2.21 bits per heavy atom. The molecule has 0 aliphatic carbocycles. The molecule has 1 aromatic carbocycles. The number of likely N-dealkylation sites (N-methyl/N-ethyl adjacent to an activating group) is 1. The highest BCUT2D eigenvalue weighted by atomic mass is 19.1. The van der Waals surface area contributed by atoms with E-state index in [2.05, 4.69) is 5.32 Å². The van der Waals surface area contributed by atoms with E-state index in [-0.39, 0.29) is 11.9 Å². The van der Waals surface area contributed by atoms with Crippen LogP contribution >= 0.6 is 0 Å². The Bertz CT molecular complexity index is 465. The van der Waals surface area contributed by atoms with Crippen LogP contribution in [0.5, 0.6) is 5.75 Å². The van der Waals surface area contributed by atoms with E-state index in [4.69, 9.17) is 10.5 Å². The zero-order chi connectivity index (χ0) is 14.6. The minimum Gasteiger partial charge on any atom is -0.488 e. The minimum absolute atomic E-state index is 0.190. The number of ether oxygens (including phenoxy) is 1. The van der Waals surface area contributed by atoms with E-state index in [1.807, 2.05) is 6.92 Å². The van der Waals surface area contributed by atoms with Gasteiger partial charge in [-0.15, -0.1) is 0 Å². The third kappa shape index (κ3) is 3.92. The maximum absolute atomic E-state index is 13.6. The molecule has 3 N–H and O–H groups in total. The molecule has 0 radical (unpaired) electrons. The highest BCUT2D eigenvalue weighted by Crippen LogP contribution is 2.22. The number of carbonyl (C=O) groups is 1. The molecule has 2 atom stereocenters. The van der Waals surface area contributed by atoms with Gasteiger partial charge in [-0.3, -0.25) is 4.79 Å². The second-order valence-electron chi connectivity index (χ2n) is 5.01. The third-order valence-electron chi connectivity index (χ3n) is 3.21. The predicted molar refractivity (Wildman–Crippen MR) is 72.5 cm³/mol. The number of hydrogen-bond donors (Lipinski definition) is 2. The zero-order valence-electron chi connectivity index (χ0n) is 11.8. The lowest BCUT2D eigenvalue weighted by Crippen LogP contribution is -2.53. The zero-order valence-corrected chi connectivity index (χ0v) is 11.8. The molecule has 0 heterocycles. The summed E-state index contributed by atoms with van der Waals surface area (Å²) in [5.74, 6) is -0.687. The highest BCUT2D eigenvalue weighted by molar-refractivity contribution is 5.84. The summed E-state index contributed by atoms with van der Waals surface area (Å²) >= 11 is 0. The topological polar surface area (TPSA) is 64.3 Å². The van der Waals surface area contributed by atoms with Crippen LogP contribution in [0.15, 0.2) is 18.2 Å². The van der Waals surface area contributed by atoms with Crippen molar-refractivity contribution in [3.05, 3.63) is 29.6 Å². The Labute approximate surface area is 113 Å². The van der Waals surface area contributed by atoms with Gasteiger partial charge in [0, 0.05) is 6.42 Å². The Hall–Kier alpha value is -1.62. The number of nitrogens with one attached hydrogen (secondary N) is 1. The van der Waals surface area contributed by atoms with E-state index in [1.54, 1.807) is 33.0 Å². The van der Waals surface area contributed by atoms with Crippen molar-refractivity contribution >= 4 is 5.91 Å². The van der Waals surface area contributed by atoms with Gasteiger partial charge in [-0.2, -0.15) is 0 Å². The first-order chi connectivity index (χ1) is 8.78. The molecule has 0 saturated heterocycles. The number of aryl methyl sites for hydroxylation is 1. The lowest BCUT2D eigenvalue weighted by Gasteiger charge is -2.29. The van der Waals surface area contributed by atoms with Gasteiger partial charge in [0.15, 0.2) is 11.6 Å². The molecule has 5 heteroatoms. The Morgan fingerprint density at radius 3 is 2.74 bits per heavy atom. The molecule has 106 valence electrons. The summed E-state index contributed by atoms with van der Waals surface area (Å²) < 4.78 is 19.1. The summed E-state index contributed by atoms with van der Waals surface area (Å²) in [5.41, 5.74) is 5.38. The van der Waals surface area contributed by atoms with Gasteiger partial charge in [0.05, 0.1) is 11.6 Å². The molecule has 0 aromatic heterocycles. The molecule has 2 unspecified atom stereocenters. The summed E-state index contributed by atoms with van der Waals surface area (Å²) in [7, 11) is 1.66. The number of benzene rings is 1. The number of carbonyl (C=O) groups excluding carboxylic acids is 1. The average molecular weight is 268 g/mol. The van der Waals surface area contributed by atoms with Crippen molar-refractivity contribution in [3.8, 4) is 5.75 Å². The Balaban J connectivity index is 2.77. The van der Waals surface area contributed by atoms with Crippen molar-refractivity contribution in [2.45, 2.75) is 38.8 Å². The maximum Gasteiger partial charge on any atom is 0.237 e. The summed E-state index contributed by atoms with van der Waals surface area (Å²) in [4.78, 5) is 11.4. The maximum atomic E-state index is 13.6. The number of rotatable bonds is 6. The first-order valence-electron chi connectivity index (χ1n) is 6.20. The number of hydrogen-bond acceptors (Lipinski definition) is 3. The standard InChI is InChI=1S/C14H21FN2O2/c1-9-5-6-11(15)12(7-9)19-10(2)8-14(3,17-4)13(16)18/h5-7,10,17H,8H2,1-4H3,(H2,16,18). The largest absolute Gasteiger partial charge is 0.488 e. The number of primary amides is 1. The van der Waals surface area contributed by atoms with E-state index in [0.29, 0.717) is 6.42 Å². The van der Waals surface area contributed by atoms with Crippen LogP contribution in [0.3, 0.4) is 0 Å². The van der Waals surface area contributed by atoms with Crippen LogP contribution < -0.4 is 15.8 Å². The summed E-state index contributed by atoms with van der Waals surface area (Å²) in [6.45, 7) is 5.33. The smallest absolute Gasteiger partial charge is 0.237 e. The van der Waals surface area contributed by atoms with Gasteiger partial charge in [0.1, 0.15) is 0 Å². The van der Waals surface area contributed by atoms with E-state index in [1.165, 1.54) is 6.07 Å². The second kappa shape index (κ2) is 6.02. The molecule has 1 amide bonds. The second-order valence-corrected chi connectivity index (χ2v) is 5.01. The number of amides is 1. The van der Waals surface area contributed by atoms with Crippen molar-refractivity contribution < 1.29 is 13.9 Å². The SMILES string of the molecule is CNC(C)(CC(C)Oc1cc(C)ccc1F)C(N)=O. The molecule has 1 rings (SSSR count). The molecular weight excluding hydrogens is 247 g/mol. The third-order valence-corrected chi connectivity index (χ3v) is 3.21.